The van der Waals surface area contributed by atoms with Crippen molar-refractivity contribution in [3.05, 3.63) is 70.3 Å². The van der Waals surface area contributed by atoms with Gasteiger partial charge in [0, 0.05) is 10.9 Å². The Labute approximate surface area is 169 Å². The number of ether oxygens (including phenoxy) is 2. The molecule has 0 saturated carbocycles. The van der Waals surface area contributed by atoms with E-state index >= 15 is 0 Å². The molecule has 0 aliphatic carbocycles. The molecule has 8 heteroatoms. The van der Waals surface area contributed by atoms with Gasteiger partial charge >= 0.3 is 5.97 Å². The molecule has 1 heterocycles. The molecule has 0 aliphatic heterocycles. The molecule has 2 aromatic carbocycles. The fourth-order valence-corrected chi connectivity index (χ4v) is 3.63. The second-order valence-corrected chi connectivity index (χ2v) is 6.91. The number of halogens is 2. The van der Waals surface area contributed by atoms with E-state index in [1.165, 1.54) is 19.2 Å². The van der Waals surface area contributed by atoms with Crippen molar-refractivity contribution in [2.45, 2.75) is 0 Å². The van der Waals surface area contributed by atoms with E-state index in [9.17, 15) is 14.0 Å². The van der Waals surface area contributed by atoms with Crippen molar-refractivity contribution < 1.29 is 23.5 Å². The normalized spacial score (nSPS) is 10.4. The zero-order valence-corrected chi connectivity index (χ0v) is 16.3. The molecular weight excluding hydrogens is 405 g/mol. The average Bonchev–Trinajstić information content (AvgIpc) is 3.10. The van der Waals surface area contributed by atoms with Gasteiger partial charge in [-0.15, -0.1) is 11.3 Å². The van der Waals surface area contributed by atoms with Gasteiger partial charge in [-0.2, -0.15) is 0 Å². The van der Waals surface area contributed by atoms with Crippen LogP contribution >= 0.6 is 22.9 Å². The van der Waals surface area contributed by atoms with Gasteiger partial charge in [0.05, 0.1) is 12.1 Å². The maximum Gasteiger partial charge on any atom is 0.341 e. The molecule has 3 aromatic rings. The number of anilines is 1. The molecule has 0 radical (unpaired) electrons. The Bertz CT molecular complexity index is 1000. The van der Waals surface area contributed by atoms with Crippen LogP contribution in [0.4, 0.5) is 9.39 Å². The summed E-state index contributed by atoms with van der Waals surface area (Å²) < 4.78 is 23.4. The number of hydrogen-bond acceptors (Lipinski definition) is 5. The topological polar surface area (TPSA) is 64.6 Å². The summed E-state index contributed by atoms with van der Waals surface area (Å²) in [6, 6.07) is 12.5. The quantitative estimate of drug-likeness (QED) is 0.570. The number of para-hydroxylation sites is 1. The van der Waals surface area contributed by atoms with E-state index in [0.717, 1.165) is 11.3 Å². The molecule has 1 amide bonds. The lowest BCUT2D eigenvalue weighted by atomic mass is 10.0. The molecule has 1 N–H and O–H groups in total. The van der Waals surface area contributed by atoms with Crippen molar-refractivity contribution in [1.29, 1.82) is 0 Å². The Kier molecular flexibility index (Phi) is 6.28. The van der Waals surface area contributed by atoms with Gasteiger partial charge in [-0.3, -0.25) is 4.79 Å². The SMILES string of the molecule is COC(=O)c1c(-c2ccc(F)cc2)csc1NC(=O)COc1ccccc1Cl. The van der Waals surface area contributed by atoms with Gasteiger partial charge in [-0.05, 0) is 29.8 Å². The Morgan fingerprint density at radius 1 is 1.14 bits per heavy atom. The zero-order valence-electron chi connectivity index (χ0n) is 14.7. The number of esters is 1. The fraction of sp³-hybridized carbons (Fsp3) is 0.100. The number of carbonyl (C=O) groups excluding carboxylic acids is 2. The summed E-state index contributed by atoms with van der Waals surface area (Å²) in [4.78, 5) is 24.5. The predicted molar refractivity (Wildman–Crippen MR) is 107 cm³/mol. The standard InChI is InChI=1S/C20H15ClFNO4S/c1-26-20(25)18-14(12-6-8-13(22)9-7-12)11-28-19(18)23-17(24)10-27-16-5-3-2-4-15(16)21/h2-9,11H,10H2,1H3,(H,23,24). The zero-order chi connectivity index (χ0) is 20.1. The average molecular weight is 420 g/mol. The second kappa shape index (κ2) is 8.86. The van der Waals surface area contributed by atoms with Gasteiger partial charge in [0.1, 0.15) is 22.1 Å². The van der Waals surface area contributed by atoms with Gasteiger partial charge in [0.25, 0.3) is 5.91 Å². The molecule has 144 valence electrons. The number of thiophene rings is 1. The molecule has 5 nitrogen and oxygen atoms in total. The Morgan fingerprint density at radius 3 is 2.54 bits per heavy atom. The van der Waals surface area contributed by atoms with Crippen molar-refractivity contribution in [2.75, 3.05) is 19.0 Å². The van der Waals surface area contributed by atoms with Crippen molar-refractivity contribution in [2.24, 2.45) is 0 Å². The van der Waals surface area contributed by atoms with Gasteiger partial charge in [0.15, 0.2) is 6.61 Å². The summed E-state index contributed by atoms with van der Waals surface area (Å²) in [5.41, 5.74) is 1.37. The van der Waals surface area contributed by atoms with E-state index in [1.54, 1.807) is 41.8 Å². The molecule has 1 aromatic heterocycles. The van der Waals surface area contributed by atoms with E-state index in [4.69, 9.17) is 21.1 Å². The Balaban J connectivity index is 1.79. The van der Waals surface area contributed by atoms with Crippen LogP contribution in [0, 0.1) is 5.82 Å². The molecular formula is C20H15ClFNO4S. The van der Waals surface area contributed by atoms with E-state index in [-0.39, 0.29) is 18.0 Å². The maximum absolute atomic E-state index is 13.2. The molecule has 0 aliphatic rings. The van der Waals surface area contributed by atoms with Gasteiger partial charge in [0.2, 0.25) is 0 Å². The summed E-state index contributed by atoms with van der Waals surface area (Å²) in [6.07, 6.45) is 0. The summed E-state index contributed by atoms with van der Waals surface area (Å²) >= 11 is 7.16. The number of nitrogens with one attached hydrogen (secondary N) is 1. The van der Waals surface area contributed by atoms with E-state index < -0.39 is 11.9 Å². The minimum atomic E-state index is -0.608. The lowest BCUT2D eigenvalue weighted by Gasteiger charge is -2.09. The van der Waals surface area contributed by atoms with Crippen LogP contribution in [-0.2, 0) is 9.53 Å². The van der Waals surface area contributed by atoms with Crippen LogP contribution in [-0.4, -0.2) is 25.6 Å². The highest BCUT2D eigenvalue weighted by Gasteiger charge is 2.22. The number of hydrogen-bond donors (Lipinski definition) is 1. The second-order valence-electron chi connectivity index (χ2n) is 5.62. The molecule has 0 bridgehead atoms. The van der Waals surface area contributed by atoms with Crippen LogP contribution in [0.25, 0.3) is 11.1 Å². The van der Waals surface area contributed by atoms with Crippen LogP contribution in [0.15, 0.2) is 53.9 Å². The smallest absolute Gasteiger partial charge is 0.341 e. The fourth-order valence-electron chi connectivity index (χ4n) is 2.46. The molecule has 28 heavy (non-hydrogen) atoms. The maximum atomic E-state index is 13.2. The van der Waals surface area contributed by atoms with E-state index in [0.29, 0.717) is 26.9 Å². The van der Waals surface area contributed by atoms with E-state index in [2.05, 4.69) is 5.32 Å². The first-order valence-electron chi connectivity index (χ1n) is 8.12. The van der Waals surface area contributed by atoms with Crippen molar-refractivity contribution in [3.8, 4) is 16.9 Å². The first-order chi connectivity index (χ1) is 13.5. The monoisotopic (exact) mass is 419 g/mol. The first kappa shape index (κ1) is 19.9. The number of rotatable bonds is 6. The van der Waals surface area contributed by atoms with Gasteiger partial charge in [-0.1, -0.05) is 35.9 Å². The van der Waals surface area contributed by atoms with Crippen LogP contribution in [0.3, 0.4) is 0 Å². The Morgan fingerprint density at radius 2 is 1.86 bits per heavy atom. The van der Waals surface area contributed by atoms with Gasteiger partial charge < -0.3 is 14.8 Å². The molecule has 0 fully saturated rings. The summed E-state index contributed by atoms with van der Waals surface area (Å²) in [7, 11) is 1.25. The molecule has 0 saturated heterocycles. The molecule has 0 atom stereocenters. The van der Waals surface area contributed by atoms with Crippen molar-refractivity contribution >= 4 is 39.8 Å². The predicted octanol–water partition coefficient (Wildman–Crippen LogP) is 5.01. The lowest BCUT2D eigenvalue weighted by molar-refractivity contribution is -0.118. The molecule has 0 spiro atoms. The highest BCUT2D eigenvalue weighted by molar-refractivity contribution is 7.15. The van der Waals surface area contributed by atoms with Crippen LogP contribution in [0.1, 0.15) is 10.4 Å². The minimum absolute atomic E-state index is 0.199. The number of methoxy groups -OCH3 is 1. The number of carbonyl (C=O) groups is 2. The Hall–Kier alpha value is -2.90. The summed E-state index contributed by atoms with van der Waals surface area (Å²) in [5.74, 6) is -1.07. The minimum Gasteiger partial charge on any atom is -0.482 e. The third kappa shape index (κ3) is 4.49. The van der Waals surface area contributed by atoms with Gasteiger partial charge in [-0.25, -0.2) is 9.18 Å². The molecule has 3 rings (SSSR count). The third-order valence-electron chi connectivity index (χ3n) is 3.78. The van der Waals surface area contributed by atoms with Crippen molar-refractivity contribution in [1.82, 2.24) is 0 Å². The highest BCUT2D eigenvalue weighted by atomic mass is 35.5. The molecule has 0 unspecified atom stereocenters. The summed E-state index contributed by atoms with van der Waals surface area (Å²) in [6.45, 7) is -0.284. The van der Waals surface area contributed by atoms with Crippen LogP contribution in [0.5, 0.6) is 5.75 Å². The van der Waals surface area contributed by atoms with Crippen molar-refractivity contribution in [3.63, 3.8) is 0 Å². The summed E-state index contributed by atoms with van der Waals surface area (Å²) in [5, 5.41) is 5.06. The number of benzene rings is 2. The highest BCUT2D eigenvalue weighted by Crippen LogP contribution is 2.36. The number of amides is 1. The van der Waals surface area contributed by atoms with E-state index in [1.807, 2.05) is 0 Å². The first-order valence-corrected chi connectivity index (χ1v) is 9.38. The third-order valence-corrected chi connectivity index (χ3v) is 4.99. The largest absolute Gasteiger partial charge is 0.482 e. The lowest BCUT2D eigenvalue weighted by Crippen LogP contribution is -2.21. The van der Waals surface area contributed by atoms with Crippen LogP contribution < -0.4 is 10.1 Å². The van der Waals surface area contributed by atoms with Crippen LogP contribution in [0.2, 0.25) is 5.02 Å².